The molecule has 0 unspecified atom stereocenters. The highest BCUT2D eigenvalue weighted by atomic mass is 35.5. The van der Waals surface area contributed by atoms with Crippen LogP contribution in [0.25, 0.3) is 0 Å². The Bertz CT molecular complexity index is 443. The van der Waals surface area contributed by atoms with Gasteiger partial charge in [-0.25, -0.2) is 9.97 Å². The molecule has 1 aromatic heterocycles. The van der Waals surface area contributed by atoms with E-state index in [0.29, 0.717) is 11.3 Å². The zero-order chi connectivity index (χ0) is 11.8. The van der Waals surface area contributed by atoms with Gasteiger partial charge in [-0.3, -0.25) is 0 Å². The molecule has 100 valence electrons. The smallest absolute Gasteiger partial charge is 0.224 e. The first kappa shape index (κ1) is 13.8. The van der Waals surface area contributed by atoms with E-state index in [1.807, 2.05) is 0 Å². The first-order valence-corrected chi connectivity index (χ1v) is 6.24. The van der Waals surface area contributed by atoms with Crippen LogP contribution in [0.5, 0.6) is 0 Å². The Morgan fingerprint density at radius 2 is 2.22 bits per heavy atom. The Morgan fingerprint density at radius 1 is 1.39 bits per heavy atom. The summed E-state index contributed by atoms with van der Waals surface area (Å²) in [5, 5.41) is 3.62. The van der Waals surface area contributed by atoms with Crippen LogP contribution >= 0.6 is 24.0 Å². The van der Waals surface area contributed by atoms with Crippen LogP contribution in [0.4, 0.5) is 5.82 Å². The average molecular weight is 291 g/mol. The molecule has 1 fully saturated rings. The molecule has 0 bridgehead atoms. The van der Waals surface area contributed by atoms with Crippen LogP contribution in [0.3, 0.4) is 0 Å². The number of morpholine rings is 1. The van der Waals surface area contributed by atoms with Crippen molar-refractivity contribution in [2.24, 2.45) is 0 Å². The normalized spacial score (nSPS) is 22.6. The summed E-state index contributed by atoms with van der Waals surface area (Å²) < 4.78 is 5.45. The molecule has 7 heteroatoms. The van der Waals surface area contributed by atoms with E-state index in [-0.39, 0.29) is 12.4 Å². The lowest BCUT2D eigenvalue weighted by atomic mass is 10.2. The first-order valence-electron chi connectivity index (χ1n) is 5.86. The monoisotopic (exact) mass is 290 g/mol. The van der Waals surface area contributed by atoms with E-state index in [1.165, 1.54) is 5.56 Å². The highest BCUT2D eigenvalue weighted by Crippen LogP contribution is 2.28. The third-order valence-corrected chi connectivity index (χ3v) is 3.45. The van der Waals surface area contributed by atoms with E-state index >= 15 is 0 Å². The second-order valence-corrected chi connectivity index (χ2v) is 4.80. The van der Waals surface area contributed by atoms with Gasteiger partial charge in [-0.1, -0.05) is 0 Å². The molecule has 1 aromatic rings. The summed E-state index contributed by atoms with van der Waals surface area (Å²) in [6.45, 7) is 6.10. The summed E-state index contributed by atoms with van der Waals surface area (Å²) in [4.78, 5) is 10.9. The van der Waals surface area contributed by atoms with Gasteiger partial charge in [-0.2, -0.15) is 0 Å². The zero-order valence-corrected chi connectivity index (χ0v) is 11.7. The molecule has 0 amide bonds. The van der Waals surface area contributed by atoms with E-state index in [1.54, 1.807) is 0 Å². The van der Waals surface area contributed by atoms with Gasteiger partial charge >= 0.3 is 0 Å². The van der Waals surface area contributed by atoms with Gasteiger partial charge in [-0.15, -0.1) is 12.4 Å². The summed E-state index contributed by atoms with van der Waals surface area (Å²) in [6.07, 6.45) is 0. The number of nitrogens with zero attached hydrogens (tertiary/aromatic N) is 3. The van der Waals surface area contributed by atoms with E-state index in [2.05, 4.69) is 27.1 Å². The number of fused-ring (bicyclic) bond motifs is 1. The largest absolute Gasteiger partial charge is 0.377 e. The number of rotatable bonds is 1. The second-order valence-electron chi connectivity index (χ2n) is 4.46. The average Bonchev–Trinajstić information content (AvgIpc) is 2.76. The van der Waals surface area contributed by atoms with Crippen molar-refractivity contribution in [3.8, 4) is 0 Å². The molecule has 0 saturated carbocycles. The Kier molecular flexibility index (Phi) is 4.27. The topological polar surface area (TPSA) is 50.3 Å². The minimum Gasteiger partial charge on any atom is -0.377 e. The van der Waals surface area contributed by atoms with Gasteiger partial charge in [0.05, 0.1) is 24.9 Å². The molecule has 3 rings (SSSR count). The van der Waals surface area contributed by atoms with Crippen LogP contribution in [-0.2, 0) is 17.8 Å². The fourth-order valence-electron chi connectivity index (χ4n) is 2.40. The van der Waals surface area contributed by atoms with Crippen molar-refractivity contribution in [3.63, 3.8) is 0 Å². The van der Waals surface area contributed by atoms with E-state index in [9.17, 15) is 0 Å². The Balaban J connectivity index is 0.00000120. The van der Waals surface area contributed by atoms with E-state index in [0.717, 1.165) is 44.4 Å². The van der Waals surface area contributed by atoms with Crippen LogP contribution < -0.4 is 10.2 Å². The molecule has 0 radical (unpaired) electrons. The predicted molar refractivity (Wildman–Crippen MR) is 72.5 cm³/mol. The molecular formula is C11H16Cl2N4O. The van der Waals surface area contributed by atoms with Crippen molar-refractivity contribution in [1.29, 1.82) is 0 Å². The maximum Gasteiger partial charge on any atom is 0.224 e. The minimum absolute atomic E-state index is 0. The number of hydrogen-bond acceptors (Lipinski definition) is 5. The molecule has 1 saturated heterocycles. The SMILES string of the molecule is C[C@H]1COCCN1c1nc(Cl)nc2c1CNC2.Cl. The van der Waals surface area contributed by atoms with Crippen molar-refractivity contribution < 1.29 is 4.74 Å². The Labute approximate surface area is 117 Å². The van der Waals surface area contributed by atoms with Gasteiger partial charge in [0.25, 0.3) is 0 Å². The summed E-state index contributed by atoms with van der Waals surface area (Å²) in [5.74, 6) is 0.973. The molecule has 2 aliphatic rings. The third-order valence-electron chi connectivity index (χ3n) is 3.28. The molecule has 3 heterocycles. The third kappa shape index (κ3) is 2.40. The van der Waals surface area contributed by atoms with Crippen molar-refractivity contribution in [2.75, 3.05) is 24.7 Å². The quantitative estimate of drug-likeness (QED) is 0.792. The van der Waals surface area contributed by atoms with Gasteiger partial charge in [0.15, 0.2) is 0 Å². The zero-order valence-electron chi connectivity index (χ0n) is 10.1. The number of ether oxygens (including phenoxy) is 1. The summed E-state index contributed by atoms with van der Waals surface area (Å²) in [6, 6.07) is 0.333. The fraction of sp³-hybridized carbons (Fsp3) is 0.636. The summed E-state index contributed by atoms with van der Waals surface area (Å²) in [7, 11) is 0. The predicted octanol–water partition coefficient (Wildman–Crippen LogP) is 1.38. The number of aromatic nitrogens is 2. The lowest BCUT2D eigenvalue weighted by Crippen LogP contribution is -2.44. The molecule has 1 N–H and O–H groups in total. The first-order chi connectivity index (χ1) is 8.25. The fourth-order valence-corrected chi connectivity index (χ4v) is 2.58. The lowest BCUT2D eigenvalue weighted by molar-refractivity contribution is 0.0984. The number of hydrogen-bond donors (Lipinski definition) is 1. The van der Waals surface area contributed by atoms with Crippen molar-refractivity contribution in [2.45, 2.75) is 26.1 Å². The van der Waals surface area contributed by atoms with Gasteiger partial charge in [0, 0.05) is 25.2 Å². The maximum absolute atomic E-state index is 5.99. The van der Waals surface area contributed by atoms with Crippen molar-refractivity contribution >= 4 is 29.8 Å². The van der Waals surface area contributed by atoms with Crippen LogP contribution in [0.2, 0.25) is 5.28 Å². The number of nitrogens with one attached hydrogen (secondary N) is 1. The molecule has 0 aromatic carbocycles. The number of halogens is 2. The second kappa shape index (κ2) is 5.57. The summed E-state index contributed by atoms with van der Waals surface area (Å²) in [5.41, 5.74) is 2.21. The number of anilines is 1. The van der Waals surface area contributed by atoms with Gasteiger partial charge < -0.3 is 15.0 Å². The van der Waals surface area contributed by atoms with Gasteiger partial charge in [0.1, 0.15) is 5.82 Å². The van der Waals surface area contributed by atoms with Crippen LogP contribution in [0.1, 0.15) is 18.2 Å². The molecule has 2 aliphatic heterocycles. The van der Waals surface area contributed by atoms with Crippen molar-refractivity contribution in [1.82, 2.24) is 15.3 Å². The van der Waals surface area contributed by atoms with Crippen molar-refractivity contribution in [3.05, 3.63) is 16.5 Å². The lowest BCUT2D eigenvalue weighted by Gasteiger charge is -2.35. The minimum atomic E-state index is 0. The van der Waals surface area contributed by atoms with Gasteiger partial charge in [0.2, 0.25) is 5.28 Å². The summed E-state index contributed by atoms with van der Waals surface area (Å²) >= 11 is 5.99. The highest BCUT2D eigenvalue weighted by Gasteiger charge is 2.27. The van der Waals surface area contributed by atoms with E-state index in [4.69, 9.17) is 16.3 Å². The molecule has 0 aliphatic carbocycles. The molecule has 5 nitrogen and oxygen atoms in total. The molecule has 1 atom stereocenters. The standard InChI is InChI=1S/C11H15ClN4O.ClH/c1-7-6-17-3-2-16(7)10-8-4-13-5-9(8)14-11(12)15-10;/h7,13H,2-6H2,1H3;1H/t7-;/m0./s1. The van der Waals surface area contributed by atoms with Crippen LogP contribution in [-0.4, -0.2) is 35.8 Å². The molecule has 18 heavy (non-hydrogen) atoms. The van der Waals surface area contributed by atoms with Crippen LogP contribution in [0, 0.1) is 0 Å². The maximum atomic E-state index is 5.99. The molecular weight excluding hydrogens is 275 g/mol. The van der Waals surface area contributed by atoms with E-state index < -0.39 is 0 Å². The Morgan fingerprint density at radius 3 is 3.00 bits per heavy atom. The van der Waals surface area contributed by atoms with Crippen LogP contribution in [0.15, 0.2) is 0 Å². The molecule has 0 spiro atoms. The highest BCUT2D eigenvalue weighted by molar-refractivity contribution is 6.28. The Hall–Kier alpha value is -0.620. The van der Waals surface area contributed by atoms with Gasteiger partial charge in [-0.05, 0) is 18.5 Å².